The monoisotopic (exact) mass is 356 g/mol. The smallest absolute Gasteiger partial charge is 0.167 e. The van der Waals surface area contributed by atoms with Gasteiger partial charge in [-0.25, -0.2) is 0 Å². The summed E-state index contributed by atoms with van der Waals surface area (Å²) in [7, 11) is 0. The highest BCUT2D eigenvalue weighted by molar-refractivity contribution is 9.09. The molecule has 0 heterocycles. The maximum absolute atomic E-state index is 12.2. The van der Waals surface area contributed by atoms with Gasteiger partial charge in [-0.3, -0.25) is 4.79 Å². The molecule has 1 aromatic rings. The molecule has 0 amide bonds. The molecular weight excluding hydrogens is 332 g/mol. The van der Waals surface area contributed by atoms with Crippen molar-refractivity contribution in [2.45, 2.75) is 47.0 Å². The molecule has 21 heavy (non-hydrogen) atoms. The maximum atomic E-state index is 12.2. The molecule has 0 fully saturated rings. The molecule has 0 aromatic heterocycles. The molecule has 0 saturated carbocycles. The van der Waals surface area contributed by atoms with E-state index >= 15 is 0 Å². The van der Waals surface area contributed by atoms with Crippen molar-refractivity contribution in [1.82, 2.24) is 0 Å². The summed E-state index contributed by atoms with van der Waals surface area (Å²) in [6, 6.07) is 3.44. The molecule has 118 valence electrons. The molecular formula is C17H25BrO3. The topological polar surface area (TPSA) is 46.5 Å². The molecule has 0 atom stereocenters. The average molecular weight is 357 g/mol. The zero-order valence-corrected chi connectivity index (χ0v) is 14.9. The Morgan fingerprint density at radius 3 is 2.52 bits per heavy atom. The van der Waals surface area contributed by atoms with Crippen LogP contribution < -0.4 is 4.74 Å². The van der Waals surface area contributed by atoms with Gasteiger partial charge in [0.2, 0.25) is 0 Å². The van der Waals surface area contributed by atoms with Crippen LogP contribution in [0.3, 0.4) is 0 Å². The number of unbranched alkanes of at least 4 members (excludes halogenated alkanes) is 1. The number of halogens is 1. The number of aromatic hydroxyl groups is 1. The van der Waals surface area contributed by atoms with E-state index in [2.05, 4.69) is 15.9 Å². The predicted molar refractivity (Wildman–Crippen MR) is 89.8 cm³/mol. The van der Waals surface area contributed by atoms with Gasteiger partial charge in [-0.05, 0) is 37.3 Å². The molecule has 0 aliphatic carbocycles. The Morgan fingerprint density at radius 2 is 1.95 bits per heavy atom. The first-order valence-corrected chi connectivity index (χ1v) is 8.43. The predicted octanol–water partition coefficient (Wildman–Crippen LogP) is 4.87. The van der Waals surface area contributed by atoms with Gasteiger partial charge >= 0.3 is 0 Å². The van der Waals surface area contributed by atoms with Crippen molar-refractivity contribution in [3.63, 3.8) is 0 Å². The summed E-state index contributed by atoms with van der Waals surface area (Å²) in [6.07, 6.45) is 2.41. The molecule has 4 heteroatoms. The third-order valence-electron chi connectivity index (χ3n) is 3.16. The molecule has 0 bridgehead atoms. The number of phenols is 1. The van der Waals surface area contributed by atoms with E-state index < -0.39 is 0 Å². The van der Waals surface area contributed by atoms with Crippen LogP contribution in [0.5, 0.6) is 11.5 Å². The second-order valence-corrected chi connectivity index (χ2v) is 7.28. The first-order valence-electron chi connectivity index (χ1n) is 7.31. The number of hydrogen-bond donors (Lipinski definition) is 1. The van der Waals surface area contributed by atoms with E-state index in [1.807, 2.05) is 20.8 Å². The summed E-state index contributed by atoms with van der Waals surface area (Å²) in [6.45, 7) is 8.42. The molecule has 1 aromatic carbocycles. The number of Topliss-reactive ketones (excluding diaryl/α,β-unsaturated/α-hetero) is 1. The number of alkyl halides is 1. The first kappa shape index (κ1) is 18.0. The molecule has 1 rings (SSSR count). The van der Waals surface area contributed by atoms with Crippen molar-refractivity contribution in [3.05, 3.63) is 23.3 Å². The van der Waals surface area contributed by atoms with E-state index in [0.717, 1.165) is 18.2 Å². The minimum Gasteiger partial charge on any atom is -0.507 e. The van der Waals surface area contributed by atoms with Gasteiger partial charge in [0.05, 0.1) is 12.2 Å². The lowest BCUT2D eigenvalue weighted by Gasteiger charge is -2.18. The molecule has 3 nitrogen and oxygen atoms in total. The lowest BCUT2D eigenvalue weighted by atomic mass is 9.87. The Balaban J connectivity index is 2.82. The van der Waals surface area contributed by atoms with Crippen molar-refractivity contribution in [2.75, 3.05) is 11.9 Å². The molecule has 0 aliphatic rings. The summed E-state index contributed by atoms with van der Waals surface area (Å²) in [5.74, 6) is 0.658. The summed E-state index contributed by atoms with van der Waals surface area (Å²) in [5.41, 5.74) is 0.922. The Hall–Kier alpha value is -1.03. The van der Waals surface area contributed by atoms with E-state index in [0.29, 0.717) is 29.9 Å². The largest absolute Gasteiger partial charge is 0.507 e. The number of ether oxygens (including phenoxy) is 1. The number of rotatable bonds is 7. The van der Waals surface area contributed by atoms with Crippen LogP contribution in [-0.4, -0.2) is 22.8 Å². The highest BCUT2D eigenvalue weighted by Gasteiger charge is 2.21. The number of carbonyl (C=O) groups is 1. The molecule has 1 N–H and O–H groups in total. The van der Waals surface area contributed by atoms with E-state index in [1.54, 1.807) is 19.1 Å². The molecule has 0 radical (unpaired) electrons. The third-order valence-corrected chi connectivity index (χ3v) is 3.72. The normalized spacial score (nSPS) is 11.5. The van der Waals surface area contributed by atoms with Crippen LogP contribution in [0.4, 0.5) is 0 Å². The zero-order chi connectivity index (χ0) is 16.0. The molecule has 0 saturated heterocycles. The minimum atomic E-state index is -0.0950. The maximum Gasteiger partial charge on any atom is 0.167 e. The van der Waals surface area contributed by atoms with E-state index in [1.165, 1.54) is 0 Å². The fourth-order valence-corrected chi connectivity index (χ4v) is 2.42. The van der Waals surface area contributed by atoms with Gasteiger partial charge in [0.1, 0.15) is 11.5 Å². The van der Waals surface area contributed by atoms with Gasteiger partial charge in [0.25, 0.3) is 0 Å². The van der Waals surface area contributed by atoms with Gasteiger partial charge in [0, 0.05) is 17.3 Å². The fourth-order valence-electron chi connectivity index (χ4n) is 2.02. The number of hydrogen-bond acceptors (Lipinski definition) is 3. The van der Waals surface area contributed by atoms with Gasteiger partial charge < -0.3 is 9.84 Å². The van der Waals surface area contributed by atoms with E-state index in [9.17, 15) is 9.90 Å². The van der Waals surface area contributed by atoms with Crippen LogP contribution in [0.1, 0.15) is 56.0 Å². The zero-order valence-electron chi connectivity index (χ0n) is 13.3. The van der Waals surface area contributed by atoms with Crippen LogP contribution in [0, 0.1) is 12.3 Å². The van der Waals surface area contributed by atoms with Crippen molar-refractivity contribution in [1.29, 1.82) is 0 Å². The average Bonchev–Trinajstić information content (AvgIpc) is 2.37. The van der Waals surface area contributed by atoms with Gasteiger partial charge in [-0.15, -0.1) is 0 Å². The van der Waals surface area contributed by atoms with Crippen molar-refractivity contribution < 1.29 is 14.6 Å². The standard InChI is InChI=1S/C17H25BrO3/c1-12-15(21-10-6-5-9-18)8-7-13(16(12)20)14(19)11-17(2,3)4/h7-8,20H,5-6,9-11H2,1-4H3. The lowest BCUT2D eigenvalue weighted by molar-refractivity contribution is 0.0937. The molecule has 0 spiro atoms. The first-order chi connectivity index (χ1) is 9.76. The van der Waals surface area contributed by atoms with Crippen LogP contribution in [-0.2, 0) is 0 Å². The fraction of sp³-hybridized carbons (Fsp3) is 0.588. The quantitative estimate of drug-likeness (QED) is 0.430. The summed E-state index contributed by atoms with van der Waals surface area (Å²) in [4.78, 5) is 12.2. The second kappa shape index (κ2) is 7.83. The lowest BCUT2D eigenvalue weighted by Crippen LogP contribution is -2.13. The Bertz CT molecular complexity index is 490. The SMILES string of the molecule is Cc1c(OCCCCBr)ccc(C(=O)CC(C)(C)C)c1O. The van der Waals surface area contributed by atoms with Crippen molar-refractivity contribution in [2.24, 2.45) is 5.41 Å². The summed E-state index contributed by atoms with van der Waals surface area (Å²) >= 11 is 3.38. The van der Waals surface area contributed by atoms with Gasteiger partial charge in [0.15, 0.2) is 5.78 Å². The second-order valence-electron chi connectivity index (χ2n) is 6.49. The minimum absolute atomic E-state index is 0.0334. The Labute approximate surface area is 135 Å². The Kier molecular flexibility index (Phi) is 6.72. The highest BCUT2D eigenvalue weighted by Crippen LogP contribution is 2.33. The highest BCUT2D eigenvalue weighted by atomic mass is 79.9. The van der Waals surface area contributed by atoms with Crippen molar-refractivity contribution >= 4 is 21.7 Å². The number of benzene rings is 1. The van der Waals surface area contributed by atoms with E-state index in [-0.39, 0.29) is 16.9 Å². The summed E-state index contributed by atoms with van der Waals surface area (Å²) in [5, 5.41) is 11.2. The van der Waals surface area contributed by atoms with Crippen LogP contribution in [0.25, 0.3) is 0 Å². The summed E-state index contributed by atoms with van der Waals surface area (Å²) < 4.78 is 5.66. The molecule has 0 aliphatic heterocycles. The van der Waals surface area contributed by atoms with E-state index in [4.69, 9.17) is 4.74 Å². The Morgan fingerprint density at radius 1 is 1.29 bits per heavy atom. The van der Waals surface area contributed by atoms with Crippen LogP contribution >= 0.6 is 15.9 Å². The number of carbonyl (C=O) groups excluding carboxylic acids is 1. The third kappa shape index (κ3) is 5.70. The van der Waals surface area contributed by atoms with Gasteiger partial charge in [-0.2, -0.15) is 0 Å². The van der Waals surface area contributed by atoms with Crippen molar-refractivity contribution in [3.8, 4) is 11.5 Å². The molecule has 0 unspecified atom stereocenters. The number of phenolic OH excluding ortho intramolecular Hbond substituents is 1. The van der Waals surface area contributed by atoms with Gasteiger partial charge in [-0.1, -0.05) is 36.7 Å². The van der Waals surface area contributed by atoms with Crippen LogP contribution in [0.2, 0.25) is 0 Å². The van der Waals surface area contributed by atoms with Crippen LogP contribution in [0.15, 0.2) is 12.1 Å². The number of ketones is 1.